The summed E-state index contributed by atoms with van der Waals surface area (Å²) in [6.45, 7) is 0.449. The van der Waals surface area contributed by atoms with Crippen LogP contribution in [0.1, 0.15) is 11.7 Å². The lowest BCUT2D eigenvalue weighted by Gasteiger charge is -2.07. The molecule has 0 aromatic carbocycles. The second-order valence-corrected chi connectivity index (χ2v) is 3.02. The number of ether oxygens (including phenoxy) is 1. The number of halogens is 1. The zero-order valence-electron chi connectivity index (χ0n) is 6.66. The van der Waals surface area contributed by atoms with Crippen LogP contribution in [-0.4, -0.2) is 17.6 Å². The molecule has 1 fully saturated rings. The number of nitrogens with zero attached hydrogens (tertiary/aromatic N) is 1. The topological polar surface area (TPSA) is 51.2 Å². The molecule has 5 heteroatoms. The molecule has 1 unspecified atom stereocenters. The summed E-state index contributed by atoms with van der Waals surface area (Å²) in [5.41, 5.74) is 0.738. The lowest BCUT2D eigenvalue weighted by molar-refractivity contribution is 0.141. The van der Waals surface area contributed by atoms with E-state index in [4.69, 9.17) is 16.3 Å². The average molecular weight is 199 g/mol. The van der Waals surface area contributed by atoms with Crippen LogP contribution in [0, 0.1) is 0 Å². The summed E-state index contributed by atoms with van der Waals surface area (Å²) in [6.07, 6.45) is 0.870. The third-order valence-electron chi connectivity index (χ3n) is 1.82. The Bertz CT molecular complexity index is 343. The van der Waals surface area contributed by atoms with Gasteiger partial charge in [-0.15, -0.1) is 0 Å². The normalized spacial score (nSPS) is 21.0. The van der Waals surface area contributed by atoms with Gasteiger partial charge in [-0.05, 0) is 6.07 Å². The Morgan fingerprint density at radius 1 is 1.69 bits per heavy atom. The summed E-state index contributed by atoms with van der Waals surface area (Å²) in [6, 6.07) is 3.55. The summed E-state index contributed by atoms with van der Waals surface area (Å²) in [5.74, 6) is 0. The Labute approximate surface area is 79.9 Å². The predicted molar refractivity (Wildman–Crippen MR) is 46.5 cm³/mol. The van der Waals surface area contributed by atoms with Gasteiger partial charge in [0.05, 0.1) is 6.54 Å². The molecule has 1 amide bonds. The van der Waals surface area contributed by atoms with Gasteiger partial charge in [-0.25, -0.2) is 9.78 Å². The Hall–Kier alpha value is -1.29. The van der Waals surface area contributed by atoms with Crippen LogP contribution in [0.15, 0.2) is 18.3 Å². The van der Waals surface area contributed by atoms with E-state index in [2.05, 4.69) is 10.3 Å². The number of carbonyl (C=O) groups excluding carboxylic acids is 1. The van der Waals surface area contributed by atoms with Gasteiger partial charge in [-0.2, -0.15) is 0 Å². The number of nitrogens with one attached hydrogen (secondary N) is 1. The number of rotatable bonds is 1. The van der Waals surface area contributed by atoms with E-state index in [1.807, 2.05) is 0 Å². The predicted octanol–water partition coefficient (Wildman–Crippen LogP) is 1.52. The molecular formula is C8H7ClN2O2. The highest BCUT2D eigenvalue weighted by Crippen LogP contribution is 2.25. The summed E-state index contributed by atoms with van der Waals surface area (Å²) < 4.78 is 4.95. The van der Waals surface area contributed by atoms with E-state index in [1.54, 1.807) is 18.3 Å². The van der Waals surface area contributed by atoms with Crippen LogP contribution in [0.3, 0.4) is 0 Å². The van der Waals surface area contributed by atoms with E-state index in [9.17, 15) is 4.79 Å². The lowest BCUT2D eigenvalue weighted by Crippen LogP contribution is -2.12. The van der Waals surface area contributed by atoms with Crippen molar-refractivity contribution < 1.29 is 9.53 Å². The van der Waals surface area contributed by atoms with Crippen LogP contribution in [0.5, 0.6) is 0 Å². The van der Waals surface area contributed by atoms with Gasteiger partial charge in [0.2, 0.25) is 0 Å². The Kier molecular flexibility index (Phi) is 2.06. The van der Waals surface area contributed by atoms with Crippen molar-refractivity contribution in [3.63, 3.8) is 0 Å². The fourth-order valence-electron chi connectivity index (χ4n) is 1.20. The van der Waals surface area contributed by atoms with Crippen LogP contribution < -0.4 is 5.32 Å². The number of hydrogen-bond donors (Lipinski definition) is 1. The molecule has 13 heavy (non-hydrogen) atoms. The third-order valence-corrected chi connectivity index (χ3v) is 2.13. The lowest BCUT2D eigenvalue weighted by atomic mass is 10.2. The van der Waals surface area contributed by atoms with Crippen LogP contribution >= 0.6 is 11.6 Å². The van der Waals surface area contributed by atoms with Crippen LogP contribution in [0.2, 0.25) is 5.15 Å². The van der Waals surface area contributed by atoms with Crippen LogP contribution in [0.4, 0.5) is 4.79 Å². The van der Waals surface area contributed by atoms with Gasteiger partial charge in [0.1, 0.15) is 11.3 Å². The summed E-state index contributed by atoms with van der Waals surface area (Å²) in [4.78, 5) is 14.6. The molecule has 0 bridgehead atoms. The highest BCUT2D eigenvalue weighted by molar-refractivity contribution is 6.30. The van der Waals surface area contributed by atoms with Crippen molar-refractivity contribution in [3.05, 3.63) is 29.0 Å². The minimum Gasteiger partial charge on any atom is -0.439 e. The first-order chi connectivity index (χ1) is 6.27. The highest BCUT2D eigenvalue weighted by Gasteiger charge is 2.25. The minimum absolute atomic E-state index is 0.311. The van der Waals surface area contributed by atoms with E-state index in [1.165, 1.54) is 0 Å². The molecule has 1 aliphatic heterocycles. The Balaban J connectivity index is 2.26. The smallest absolute Gasteiger partial charge is 0.407 e. The van der Waals surface area contributed by atoms with Crippen molar-refractivity contribution in [2.75, 3.05) is 6.54 Å². The molecule has 1 saturated heterocycles. The Morgan fingerprint density at radius 3 is 3.15 bits per heavy atom. The first-order valence-electron chi connectivity index (χ1n) is 3.82. The number of aromatic nitrogens is 1. The zero-order valence-corrected chi connectivity index (χ0v) is 7.41. The molecule has 1 aromatic heterocycles. The largest absolute Gasteiger partial charge is 0.439 e. The number of cyclic esters (lactones) is 1. The molecule has 0 spiro atoms. The molecule has 1 aliphatic rings. The summed E-state index contributed by atoms with van der Waals surface area (Å²) >= 11 is 5.82. The molecular weight excluding hydrogens is 192 g/mol. The molecule has 0 saturated carbocycles. The van der Waals surface area contributed by atoms with Crippen molar-refractivity contribution in [2.45, 2.75) is 6.10 Å². The van der Waals surface area contributed by atoms with E-state index in [0.717, 1.165) is 5.56 Å². The number of pyridine rings is 1. The average Bonchev–Trinajstić information content (AvgIpc) is 2.53. The van der Waals surface area contributed by atoms with Gasteiger partial charge in [-0.3, -0.25) is 0 Å². The van der Waals surface area contributed by atoms with Crippen LogP contribution in [0.25, 0.3) is 0 Å². The zero-order chi connectivity index (χ0) is 9.26. The van der Waals surface area contributed by atoms with Gasteiger partial charge >= 0.3 is 6.09 Å². The molecule has 1 atom stereocenters. The highest BCUT2D eigenvalue weighted by atomic mass is 35.5. The number of carbonyl (C=O) groups is 1. The van der Waals surface area contributed by atoms with Gasteiger partial charge in [0.25, 0.3) is 0 Å². The number of hydrogen-bond acceptors (Lipinski definition) is 3. The van der Waals surface area contributed by atoms with Gasteiger partial charge in [-0.1, -0.05) is 17.7 Å². The second-order valence-electron chi connectivity index (χ2n) is 2.66. The summed E-state index contributed by atoms with van der Waals surface area (Å²) in [7, 11) is 0. The van der Waals surface area contributed by atoms with E-state index in [-0.39, 0.29) is 6.10 Å². The minimum atomic E-state index is -0.412. The van der Waals surface area contributed by atoms with Gasteiger partial charge in [0, 0.05) is 11.8 Å². The molecule has 1 N–H and O–H groups in total. The van der Waals surface area contributed by atoms with Crippen molar-refractivity contribution in [1.29, 1.82) is 0 Å². The van der Waals surface area contributed by atoms with Gasteiger partial charge in [0.15, 0.2) is 0 Å². The van der Waals surface area contributed by atoms with Crippen LogP contribution in [-0.2, 0) is 4.74 Å². The fraction of sp³-hybridized carbons (Fsp3) is 0.250. The molecule has 68 valence electrons. The monoisotopic (exact) mass is 198 g/mol. The third kappa shape index (κ3) is 1.58. The fourth-order valence-corrected chi connectivity index (χ4v) is 1.44. The number of amides is 1. The van der Waals surface area contributed by atoms with E-state index < -0.39 is 6.09 Å². The van der Waals surface area contributed by atoms with Gasteiger partial charge < -0.3 is 10.1 Å². The molecule has 2 heterocycles. The maximum atomic E-state index is 10.7. The number of alkyl carbamates (subject to hydrolysis) is 1. The van der Waals surface area contributed by atoms with E-state index >= 15 is 0 Å². The SMILES string of the molecule is O=C1NCC(c2cccnc2Cl)O1. The molecule has 4 nitrogen and oxygen atoms in total. The second kappa shape index (κ2) is 3.22. The quantitative estimate of drug-likeness (QED) is 0.696. The van der Waals surface area contributed by atoms with Crippen molar-refractivity contribution in [3.8, 4) is 0 Å². The standard InChI is InChI=1S/C8H7ClN2O2/c9-7-5(2-1-3-10-7)6-4-11-8(12)13-6/h1-3,6H,4H2,(H,11,12). The maximum absolute atomic E-state index is 10.7. The molecule has 2 rings (SSSR count). The molecule has 1 aromatic rings. The Morgan fingerprint density at radius 2 is 2.54 bits per heavy atom. The summed E-state index contributed by atoms with van der Waals surface area (Å²) in [5, 5.41) is 2.93. The maximum Gasteiger partial charge on any atom is 0.407 e. The van der Waals surface area contributed by atoms with Crippen molar-refractivity contribution in [2.24, 2.45) is 0 Å². The van der Waals surface area contributed by atoms with E-state index in [0.29, 0.717) is 11.7 Å². The first-order valence-corrected chi connectivity index (χ1v) is 4.20. The van der Waals surface area contributed by atoms with Crippen molar-refractivity contribution >= 4 is 17.7 Å². The molecule has 0 radical (unpaired) electrons. The van der Waals surface area contributed by atoms with Crippen molar-refractivity contribution in [1.82, 2.24) is 10.3 Å². The molecule has 0 aliphatic carbocycles. The first kappa shape index (κ1) is 8.31.